The lowest BCUT2D eigenvalue weighted by Gasteiger charge is -2.13. The highest BCUT2D eigenvalue weighted by Gasteiger charge is 2.34. The summed E-state index contributed by atoms with van der Waals surface area (Å²) in [5, 5.41) is -0.370. The first-order valence-electron chi connectivity index (χ1n) is 4.03. The van der Waals surface area contributed by atoms with Crippen LogP contribution in [0.3, 0.4) is 0 Å². The fourth-order valence-electron chi connectivity index (χ4n) is 1.13. The fraction of sp³-hybridized carbons (Fsp3) is 0.333. The van der Waals surface area contributed by atoms with E-state index in [1.165, 1.54) is 13.2 Å². The van der Waals surface area contributed by atoms with Crippen molar-refractivity contribution in [3.63, 3.8) is 0 Å². The van der Waals surface area contributed by atoms with Gasteiger partial charge in [0.25, 0.3) is 0 Å². The molecular weight excluding hydrogens is 231 g/mol. The summed E-state index contributed by atoms with van der Waals surface area (Å²) in [5.41, 5.74) is 4.56. The van der Waals surface area contributed by atoms with Crippen LogP contribution in [0.1, 0.15) is 11.1 Å². The minimum atomic E-state index is -4.50. The minimum absolute atomic E-state index is 0.0703. The lowest BCUT2D eigenvalue weighted by Crippen LogP contribution is -2.09. The van der Waals surface area contributed by atoms with E-state index in [2.05, 4.69) is 0 Å². The maximum Gasteiger partial charge on any atom is 0.417 e. The third-order valence-corrected chi connectivity index (χ3v) is 2.33. The van der Waals surface area contributed by atoms with E-state index in [9.17, 15) is 13.2 Å². The molecular formula is C9H9ClF3NO. The summed E-state index contributed by atoms with van der Waals surface area (Å²) in [7, 11) is 1.28. The molecule has 1 aromatic carbocycles. The minimum Gasteiger partial charge on any atom is -0.497 e. The van der Waals surface area contributed by atoms with Crippen molar-refractivity contribution in [2.24, 2.45) is 5.73 Å². The van der Waals surface area contributed by atoms with Crippen LogP contribution in [0.25, 0.3) is 0 Å². The molecule has 0 saturated heterocycles. The quantitative estimate of drug-likeness (QED) is 0.861. The summed E-state index contributed by atoms with van der Waals surface area (Å²) < 4.78 is 42.2. The van der Waals surface area contributed by atoms with E-state index in [1.807, 2.05) is 0 Å². The van der Waals surface area contributed by atoms with E-state index in [1.54, 1.807) is 0 Å². The number of alkyl halides is 3. The van der Waals surface area contributed by atoms with Gasteiger partial charge in [0.15, 0.2) is 0 Å². The zero-order valence-corrected chi connectivity index (χ0v) is 8.62. The van der Waals surface area contributed by atoms with Crippen molar-refractivity contribution in [2.75, 3.05) is 7.11 Å². The third kappa shape index (κ3) is 2.54. The molecule has 0 unspecified atom stereocenters. The van der Waals surface area contributed by atoms with Crippen molar-refractivity contribution in [1.29, 1.82) is 0 Å². The van der Waals surface area contributed by atoms with E-state index >= 15 is 0 Å². The van der Waals surface area contributed by atoms with Crippen LogP contribution >= 0.6 is 11.6 Å². The Hall–Kier alpha value is -0.940. The summed E-state index contributed by atoms with van der Waals surface area (Å²) in [4.78, 5) is 0. The molecule has 1 rings (SSSR count). The van der Waals surface area contributed by atoms with Crippen molar-refractivity contribution in [1.82, 2.24) is 0 Å². The van der Waals surface area contributed by atoms with Crippen LogP contribution in [-0.2, 0) is 12.7 Å². The second-order valence-electron chi connectivity index (χ2n) is 2.85. The smallest absolute Gasteiger partial charge is 0.417 e. The van der Waals surface area contributed by atoms with Crippen LogP contribution in [-0.4, -0.2) is 7.11 Å². The fourth-order valence-corrected chi connectivity index (χ4v) is 1.42. The van der Waals surface area contributed by atoms with E-state index < -0.39 is 11.7 Å². The van der Waals surface area contributed by atoms with Crippen LogP contribution in [0, 0.1) is 0 Å². The maximum absolute atomic E-state index is 12.5. The van der Waals surface area contributed by atoms with Gasteiger partial charge in [-0.3, -0.25) is 0 Å². The van der Waals surface area contributed by atoms with Crippen molar-refractivity contribution in [2.45, 2.75) is 12.7 Å². The first-order valence-corrected chi connectivity index (χ1v) is 4.41. The lowest BCUT2D eigenvalue weighted by atomic mass is 10.1. The maximum atomic E-state index is 12.5. The van der Waals surface area contributed by atoms with Gasteiger partial charge in [-0.25, -0.2) is 0 Å². The van der Waals surface area contributed by atoms with Crippen LogP contribution in [0.15, 0.2) is 12.1 Å². The molecule has 0 amide bonds. The van der Waals surface area contributed by atoms with E-state index in [-0.39, 0.29) is 22.9 Å². The first-order chi connectivity index (χ1) is 6.90. The Morgan fingerprint density at radius 2 is 2.00 bits per heavy atom. The lowest BCUT2D eigenvalue weighted by molar-refractivity contribution is -0.137. The molecule has 0 bridgehead atoms. The topological polar surface area (TPSA) is 35.2 Å². The van der Waals surface area contributed by atoms with Crippen LogP contribution in [0.5, 0.6) is 5.75 Å². The Morgan fingerprint density at radius 3 is 2.40 bits per heavy atom. The zero-order chi connectivity index (χ0) is 11.6. The number of halogens is 4. The molecule has 0 saturated carbocycles. The second-order valence-corrected chi connectivity index (χ2v) is 3.23. The van der Waals surface area contributed by atoms with Crippen LogP contribution in [0.2, 0.25) is 5.02 Å². The summed E-state index contributed by atoms with van der Waals surface area (Å²) in [6, 6.07) is 2.24. The Labute approximate surface area is 89.8 Å². The number of benzene rings is 1. The standard InChI is InChI=1S/C9H9ClF3NO/c1-15-6-2-5(4-14)8(10)7(3-6)9(11,12)13/h2-3H,4,14H2,1H3. The Morgan fingerprint density at radius 1 is 1.40 bits per heavy atom. The molecule has 0 heterocycles. The third-order valence-electron chi connectivity index (χ3n) is 1.88. The van der Waals surface area contributed by atoms with Crippen molar-refractivity contribution >= 4 is 11.6 Å². The number of ether oxygens (including phenoxy) is 1. The number of hydrogen-bond acceptors (Lipinski definition) is 2. The summed E-state index contributed by atoms with van der Waals surface area (Å²) in [6.07, 6.45) is -4.50. The number of hydrogen-bond donors (Lipinski definition) is 1. The van der Waals surface area contributed by atoms with Gasteiger partial charge >= 0.3 is 6.18 Å². The predicted molar refractivity (Wildman–Crippen MR) is 50.9 cm³/mol. The molecule has 15 heavy (non-hydrogen) atoms. The molecule has 0 aliphatic heterocycles. The number of nitrogens with two attached hydrogens (primary N) is 1. The Bertz CT molecular complexity index is 365. The van der Waals surface area contributed by atoms with Gasteiger partial charge in [0, 0.05) is 6.54 Å². The molecule has 0 aliphatic rings. The molecule has 0 spiro atoms. The molecule has 6 heteroatoms. The highest BCUT2D eigenvalue weighted by Crippen LogP contribution is 2.38. The Balaban J connectivity index is 3.37. The van der Waals surface area contributed by atoms with Crippen LogP contribution < -0.4 is 10.5 Å². The van der Waals surface area contributed by atoms with Gasteiger partial charge in [0.1, 0.15) is 5.75 Å². The average molecular weight is 240 g/mol. The zero-order valence-electron chi connectivity index (χ0n) is 7.86. The second kappa shape index (κ2) is 4.28. The molecule has 0 aliphatic carbocycles. The summed E-state index contributed by atoms with van der Waals surface area (Å²) >= 11 is 5.57. The predicted octanol–water partition coefficient (Wildman–Crippen LogP) is 2.83. The highest BCUT2D eigenvalue weighted by atomic mass is 35.5. The van der Waals surface area contributed by atoms with Crippen molar-refractivity contribution in [3.8, 4) is 5.75 Å². The Kier molecular flexibility index (Phi) is 3.46. The molecule has 2 nitrogen and oxygen atoms in total. The molecule has 0 radical (unpaired) electrons. The first kappa shape index (κ1) is 12.1. The summed E-state index contributed by atoms with van der Waals surface area (Å²) in [5.74, 6) is 0.0900. The van der Waals surface area contributed by atoms with E-state index in [4.69, 9.17) is 22.1 Å². The van der Waals surface area contributed by atoms with Crippen molar-refractivity contribution in [3.05, 3.63) is 28.3 Å². The van der Waals surface area contributed by atoms with Gasteiger partial charge in [-0.2, -0.15) is 13.2 Å². The van der Waals surface area contributed by atoms with Gasteiger partial charge in [0.05, 0.1) is 17.7 Å². The SMILES string of the molecule is COc1cc(CN)c(Cl)c(C(F)(F)F)c1. The van der Waals surface area contributed by atoms with Gasteiger partial charge < -0.3 is 10.5 Å². The van der Waals surface area contributed by atoms with Gasteiger partial charge in [0.2, 0.25) is 0 Å². The normalized spacial score (nSPS) is 11.6. The monoisotopic (exact) mass is 239 g/mol. The number of rotatable bonds is 2. The average Bonchev–Trinajstić information content (AvgIpc) is 2.16. The van der Waals surface area contributed by atoms with Crippen molar-refractivity contribution < 1.29 is 17.9 Å². The number of methoxy groups -OCH3 is 1. The van der Waals surface area contributed by atoms with Crippen LogP contribution in [0.4, 0.5) is 13.2 Å². The highest BCUT2D eigenvalue weighted by molar-refractivity contribution is 6.32. The molecule has 84 valence electrons. The van der Waals surface area contributed by atoms with Gasteiger partial charge in [-0.1, -0.05) is 11.6 Å². The molecule has 0 fully saturated rings. The van der Waals surface area contributed by atoms with Gasteiger partial charge in [-0.15, -0.1) is 0 Å². The molecule has 1 aromatic rings. The molecule has 2 N–H and O–H groups in total. The van der Waals surface area contributed by atoms with Gasteiger partial charge in [-0.05, 0) is 17.7 Å². The molecule has 0 aromatic heterocycles. The van der Waals surface area contributed by atoms with E-state index in [0.717, 1.165) is 6.07 Å². The molecule has 0 atom stereocenters. The largest absolute Gasteiger partial charge is 0.497 e. The van der Waals surface area contributed by atoms with E-state index in [0.29, 0.717) is 0 Å². The summed E-state index contributed by atoms with van der Waals surface area (Å²) in [6.45, 7) is -0.0703.